The third kappa shape index (κ3) is 1.42. The fourth-order valence-electron chi connectivity index (χ4n) is 1.35. The van der Waals surface area contributed by atoms with E-state index in [9.17, 15) is 9.90 Å². The average molecular weight is 223 g/mol. The van der Waals surface area contributed by atoms with Crippen molar-refractivity contribution in [1.29, 1.82) is 5.41 Å². The normalized spacial score (nSPS) is 13.2. The van der Waals surface area contributed by atoms with Crippen LogP contribution in [0.25, 0.3) is 10.6 Å². The topological polar surface area (TPSA) is 78.5 Å². The Bertz CT molecular complexity index is 694. The second-order valence-corrected chi connectivity index (χ2v) is 4.25. The van der Waals surface area contributed by atoms with Gasteiger partial charge in [-0.15, -0.1) is 11.3 Å². The summed E-state index contributed by atoms with van der Waals surface area (Å²) in [5.41, 5.74) is 0.203. The first-order valence-corrected chi connectivity index (χ1v) is 5.10. The number of hydrogen-bond acceptors (Lipinski definition) is 5. The Balaban J connectivity index is 3.17. The highest BCUT2D eigenvalue weighted by atomic mass is 32.1. The lowest BCUT2D eigenvalue weighted by Crippen LogP contribution is -2.33. The van der Waals surface area contributed by atoms with Crippen molar-refractivity contribution in [3.63, 3.8) is 0 Å². The first-order valence-electron chi connectivity index (χ1n) is 4.28. The number of aromatic nitrogens is 2. The van der Waals surface area contributed by atoms with Crippen molar-refractivity contribution in [2.75, 3.05) is 0 Å². The number of rotatable bonds is 0. The Hall–Kier alpha value is -1.69. The molecule has 2 N–H and O–H groups in total. The number of aliphatic hydroxyl groups excluding tert-OH is 1. The lowest BCUT2D eigenvalue weighted by Gasteiger charge is -1.92. The maximum Gasteiger partial charge on any atom is 0.279 e. The zero-order chi connectivity index (χ0) is 11.2. The van der Waals surface area contributed by atoms with Crippen LogP contribution >= 0.6 is 11.3 Å². The molecule has 0 spiro atoms. The van der Waals surface area contributed by atoms with E-state index in [0.29, 0.717) is 10.5 Å². The van der Waals surface area contributed by atoms with Gasteiger partial charge >= 0.3 is 0 Å². The average Bonchev–Trinajstić information content (AvgIpc) is 2.42. The smallest absolute Gasteiger partial charge is 0.279 e. The van der Waals surface area contributed by atoms with Crippen molar-refractivity contribution in [1.82, 2.24) is 9.38 Å². The van der Waals surface area contributed by atoms with Crippen molar-refractivity contribution in [3.05, 3.63) is 32.3 Å². The molecular weight excluding hydrogens is 214 g/mol. The summed E-state index contributed by atoms with van der Waals surface area (Å²) >= 11 is 1.16. The Morgan fingerprint density at radius 2 is 2.33 bits per heavy atom. The molecule has 0 bridgehead atoms. The minimum atomic E-state index is -0.382. The summed E-state index contributed by atoms with van der Waals surface area (Å²) in [6.45, 7) is 3.22. The van der Waals surface area contributed by atoms with Gasteiger partial charge in [-0.2, -0.15) is 0 Å². The van der Waals surface area contributed by atoms with Gasteiger partial charge in [-0.3, -0.25) is 10.2 Å². The summed E-state index contributed by atoms with van der Waals surface area (Å²) in [6, 6.07) is 1.72. The molecule has 0 amide bonds. The van der Waals surface area contributed by atoms with Crippen molar-refractivity contribution in [2.24, 2.45) is 0 Å². The zero-order valence-electron chi connectivity index (χ0n) is 8.24. The molecule has 0 aliphatic rings. The molecule has 0 unspecified atom stereocenters. The van der Waals surface area contributed by atoms with E-state index in [2.05, 4.69) is 4.98 Å². The molecule has 0 aliphatic carbocycles. The van der Waals surface area contributed by atoms with Crippen LogP contribution in [-0.2, 0) is 0 Å². The molecule has 0 saturated carbocycles. The number of nitrogens with zero attached hydrogens (tertiary/aromatic N) is 2. The number of thiazole rings is 1. The van der Waals surface area contributed by atoms with E-state index in [1.807, 2.05) is 0 Å². The number of fused-ring (bicyclic) bond motifs is 1. The van der Waals surface area contributed by atoms with Crippen LogP contribution in [0.15, 0.2) is 10.9 Å². The van der Waals surface area contributed by atoms with E-state index in [-0.39, 0.29) is 21.5 Å². The number of aryl methyl sites for hydroxylation is 1. The largest absolute Gasteiger partial charge is 0.511 e. The Morgan fingerprint density at radius 1 is 1.67 bits per heavy atom. The van der Waals surface area contributed by atoms with E-state index in [4.69, 9.17) is 5.41 Å². The summed E-state index contributed by atoms with van der Waals surface area (Å²) in [5, 5.41) is 16.9. The van der Waals surface area contributed by atoms with Gasteiger partial charge in [0.15, 0.2) is 0 Å². The van der Waals surface area contributed by atoms with Gasteiger partial charge in [-0.1, -0.05) is 0 Å². The van der Waals surface area contributed by atoms with Gasteiger partial charge in [0.05, 0.1) is 0 Å². The van der Waals surface area contributed by atoms with Gasteiger partial charge < -0.3 is 5.11 Å². The lowest BCUT2D eigenvalue weighted by atomic mass is 10.4. The summed E-state index contributed by atoms with van der Waals surface area (Å²) in [7, 11) is 0. The Morgan fingerprint density at radius 3 is 2.93 bits per heavy atom. The van der Waals surface area contributed by atoms with Gasteiger partial charge in [0, 0.05) is 5.69 Å². The van der Waals surface area contributed by atoms with Crippen LogP contribution in [0.2, 0.25) is 0 Å². The molecule has 0 atom stereocenters. The summed E-state index contributed by atoms with van der Waals surface area (Å²) in [6.07, 6.45) is 0. The fraction of sp³-hybridized carbons (Fsp3) is 0.222. The standard InChI is InChI=1S/C9H9N3O2S/c1-4-3-6-12(9(10)11-4)8(14)7(15-6)5(2)13/h3,10,13H,1-2H3/b7-5-,10-9?. The van der Waals surface area contributed by atoms with Crippen LogP contribution in [0, 0.1) is 12.3 Å². The fourth-order valence-corrected chi connectivity index (χ4v) is 2.37. The first kappa shape index (κ1) is 9.85. The second kappa shape index (κ2) is 3.16. The molecule has 0 aliphatic heterocycles. The number of hydrogen-bond donors (Lipinski definition) is 2. The molecule has 0 radical (unpaired) electrons. The highest BCUT2D eigenvalue weighted by molar-refractivity contribution is 7.15. The lowest BCUT2D eigenvalue weighted by molar-refractivity contribution is 0.499. The third-order valence-electron chi connectivity index (χ3n) is 1.98. The van der Waals surface area contributed by atoms with Gasteiger partial charge in [0.1, 0.15) is 15.1 Å². The summed E-state index contributed by atoms with van der Waals surface area (Å²) in [5.74, 6) is -0.0225. The first-order chi connectivity index (χ1) is 7.00. The molecule has 2 heterocycles. The SMILES string of the molecule is C/C(O)=c1/sc2cc(C)nc(=N)n2c1=O. The van der Waals surface area contributed by atoms with E-state index in [1.54, 1.807) is 13.0 Å². The van der Waals surface area contributed by atoms with Crippen LogP contribution in [-0.4, -0.2) is 14.5 Å². The monoisotopic (exact) mass is 223 g/mol. The zero-order valence-corrected chi connectivity index (χ0v) is 9.05. The minimum Gasteiger partial charge on any atom is -0.511 e. The maximum absolute atomic E-state index is 11.7. The van der Waals surface area contributed by atoms with E-state index in [0.717, 1.165) is 11.3 Å². The third-order valence-corrected chi connectivity index (χ3v) is 3.16. The predicted molar refractivity (Wildman–Crippen MR) is 56.9 cm³/mol. The predicted octanol–water partition coefficient (Wildman–Crippen LogP) is -0.0511. The van der Waals surface area contributed by atoms with Gasteiger partial charge in [-0.05, 0) is 19.9 Å². The van der Waals surface area contributed by atoms with Crippen molar-refractivity contribution in [3.8, 4) is 0 Å². The van der Waals surface area contributed by atoms with Crippen molar-refractivity contribution >= 4 is 21.9 Å². The molecule has 15 heavy (non-hydrogen) atoms. The van der Waals surface area contributed by atoms with Crippen LogP contribution in [0.5, 0.6) is 0 Å². The molecule has 78 valence electrons. The number of nitrogens with one attached hydrogen (secondary N) is 1. The van der Waals surface area contributed by atoms with Crippen molar-refractivity contribution < 1.29 is 5.11 Å². The molecule has 0 saturated heterocycles. The molecule has 5 nitrogen and oxygen atoms in total. The summed E-state index contributed by atoms with van der Waals surface area (Å²) in [4.78, 5) is 16.2. The Kier molecular flexibility index (Phi) is 2.08. The van der Waals surface area contributed by atoms with Gasteiger partial charge in [-0.25, -0.2) is 9.38 Å². The second-order valence-electron chi connectivity index (χ2n) is 3.22. The highest BCUT2D eigenvalue weighted by Crippen LogP contribution is 2.02. The van der Waals surface area contributed by atoms with E-state index >= 15 is 0 Å². The van der Waals surface area contributed by atoms with E-state index in [1.165, 1.54) is 11.3 Å². The minimum absolute atomic E-state index is 0.0225. The van der Waals surface area contributed by atoms with E-state index < -0.39 is 0 Å². The molecule has 0 fully saturated rings. The highest BCUT2D eigenvalue weighted by Gasteiger charge is 2.07. The molecule has 6 heteroatoms. The van der Waals surface area contributed by atoms with Gasteiger partial charge in [0.2, 0.25) is 5.62 Å². The quantitative estimate of drug-likeness (QED) is 0.657. The Labute approximate surface area is 88.5 Å². The molecular formula is C9H9N3O2S. The van der Waals surface area contributed by atoms with Crippen LogP contribution in [0.4, 0.5) is 0 Å². The maximum atomic E-state index is 11.7. The van der Waals surface area contributed by atoms with Crippen LogP contribution in [0.1, 0.15) is 12.6 Å². The number of aliphatic hydroxyl groups is 1. The van der Waals surface area contributed by atoms with Gasteiger partial charge in [0.25, 0.3) is 5.56 Å². The van der Waals surface area contributed by atoms with Crippen LogP contribution in [0.3, 0.4) is 0 Å². The van der Waals surface area contributed by atoms with Crippen LogP contribution < -0.4 is 15.7 Å². The molecule has 2 aromatic rings. The molecule has 0 aromatic carbocycles. The summed E-state index contributed by atoms with van der Waals surface area (Å²) < 4.78 is 1.45. The molecule has 2 rings (SSSR count). The van der Waals surface area contributed by atoms with Crippen molar-refractivity contribution in [2.45, 2.75) is 13.8 Å². The molecule has 2 aromatic heterocycles.